The number of ether oxygens (including phenoxy) is 1. The van der Waals surface area contributed by atoms with Gasteiger partial charge in [0.05, 0.1) is 23.6 Å². The Bertz CT molecular complexity index is 1250. The van der Waals surface area contributed by atoms with Crippen LogP contribution in [0, 0.1) is 5.82 Å². The minimum absolute atomic E-state index is 0.0963. The monoisotopic (exact) mass is 486 g/mol. The van der Waals surface area contributed by atoms with Gasteiger partial charge in [-0.25, -0.2) is 9.18 Å². The fraction of sp³-hybridized carbons (Fsp3) is 0.333. The Balaban J connectivity index is 2.12. The Morgan fingerprint density at radius 2 is 1.91 bits per heavy atom. The van der Waals surface area contributed by atoms with Crippen LogP contribution in [0.3, 0.4) is 0 Å². The summed E-state index contributed by atoms with van der Waals surface area (Å²) < 4.78 is 20.2. The molecule has 3 aromatic rings. The van der Waals surface area contributed by atoms with Gasteiger partial charge in [-0.1, -0.05) is 12.1 Å². The molecule has 0 bridgehead atoms. The molecule has 0 aliphatic carbocycles. The van der Waals surface area contributed by atoms with Crippen LogP contribution in [0.4, 0.5) is 9.18 Å². The van der Waals surface area contributed by atoms with Crippen LogP contribution in [-0.2, 0) is 16.1 Å². The van der Waals surface area contributed by atoms with Crippen LogP contribution in [0.2, 0.25) is 0 Å². The van der Waals surface area contributed by atoms with Crippen molar-refractivity contribution in [1.29, 1.82) is 0 Å². The van der Waals surface area contributed by atoms with E-state index in [-0.39, 0.29) is 43.7 Å². The van der Waals surface area contributed by atoms with Gasteiger partial charge in [-0.15, -0.1) is 0 Å². The van der Waals surface area contributed by atoms with Crippen molar-refractivity contribution in [1.82, 2.24) is 20.2 Å². The third kappa shape index (κ3) is 6.12. The quantitative estimate of drug-likeness (QED) is 0.304. The van der Waals surface area contributed by atoms with Gasteiger partial charge < -0.3 is 30.2 Å². The van der Waals surface area contributed by atoms with Crippen LogP contribution in [0.15, 0.2) is 47.4 Å². The average Bonchev–Trinajstić information content (AvgIpc) is 2.84. The standard InChI is InChI=1S/C24H27FN4O6/c1-2-35-14-12-27-22(31)18(15-6-8-16(25)9-7-15)19-21(30)20-17(5-3-10-26-20)29(23(19)32)13-4-11-28-24(33)34/h3,5-10,18,28,30H,2,4,11-14H2,1H3,(H,27,31)(H,33,34). The van der Waals surface area contributed by atoms with Gasteiger partial charge in [0, 0.05) is 32.4 Å². The summed E-state index contributed by atoms with van der Waals surface area (Å²) in [5.41, 5.74) is -0.0798. The summed E-state index contributed by atoms with van der Waals surface area (Å²) in [7, 11) is 0. The van der Waals surface area contributed by atoms with Crippen molar-refractivity contribution >= 4 is 23.0 Å². The molecular formula is C24H27FN4O6. The fourth-order valence-electron chi connectivity index (χ4n) is 3.79. The Hall–Kier alpha value is -3.99. The minimum atomic E-state index is -1.25. The van der Waals surface area contributed by atoms with E-state index in [2.05, 4.69) is 15.6 Å². The summed E-state index contributed by atoms with van der Waals surface area (Å²) in [5.74, 6) is -2.78. The van der Waals surface area contributed by atoms with E-state index >= 15 is 0 Å². The fourth-order valence-corrected chi connectivity index (χ4v) is 3.79. The van der Waals surface area contributed by atoms with Crippen molar-refractivity contribution in [2.24, 2.45) is 0 Å². The largest absolute Gasteiger partial charge is 0.505 e. The number of rotatable bonds is 11. The smallest absolute Gasteiger partial charge is 0.404 e. The highest BCUT2D eigenvalue weighted by Gasteiger charge is 2.31. The predicted octanol–water partition coefficient (Wildman–Crippen LogP) is 2.18. The van der Waals surface area contributed by atoms with Crippen molar-refractivity contribution in [2.45, 2.75) is 25.8 Å². The Morgan fingerprint density at radius 1 is 1.17 bits per heavy atom. The number of carbonyl (C=O) groups excluding carboxylic acids is 1. The number of pyridine rings is 2. The molecule has 0 radical (unpaired) electrons. The second kappa shape index (κ2) is 11.9. The first-order valence-electron chi connectivity index (χ1n) is 11.1. The topological polar surface area (TPSA) is 143 Å². The van der Waals surface area contributed by atoms with E-state index in [1.807, 2.05) is 6.92 Å². The second-order valence-corrected chi connectivity index (χ2v) is 7.65. The molecule has 3 rings (SSSR count). The number of halogens is 1. The highest BCUT2D eigenvalue weighted by molar-refractivity contribution is 5.91. The zero-order valence-corrected chi connectivity index (χ0v) is 19.2. The van der Waals surface area contributed by atoms with Crippen LogP contribution >= 0.6 is 0 Å². The van der Waals surface area contributed by atoms with Crippen molar-refractivity contribution < 1.29 is 28.9 Å². The molecule has 0 saturated heterocycles. The Kier molecular flexibility index (Phi) is 8.74. The first kappa shape index (κ1) is 25.6. The molecule has 1 aromatic carbocycles. The maximum Gasteiger partial charge on any atom is 0.404 e. The number of fused-ring (bicyclic) bond motifs is 1. The SMILES string of the molecule is CCOCCNC(=O)C(c1ccc(F)cc1)c1c(O)c2ncccc2n(CCCNC(=O)O)c1=O. The maximum atomic E-state index is 13.7. The van der Waals surface area contributed by atoms with E-state index in [9.17, 15) is 23.9 Å². The van der Waals surface area contributed by atoms with Gasteiger partial charge in [-0.2, -0.15) is 0 Å². The molecule has 2 aromatic heterocycles. The Labute approximate surface area is 200 Å². The van der Waals surface area contributed by atoms with Gasteiger partial charge in [0.2, 0.25) is 5.91 Å². The van der Waals surface area contributed by atoms with Crippen LogP contribution in [-0.4, -0.2) is 58.1 Å². The average molecular weight is 487 g/mol. The van der Waals surface area contributed by atoms with Gasteiger partial charge >= 0.3 is 6.09 Å². The zero-order chi connectivity index (χ0) is 25.4. The lowest BCUT2D eigenvalue weighted by Crippen LogP contribution is -2.37. The summed E-state index contributed by atoms with van der Waals surface area (Å²) in [5, 5.41) is 24.8. The third-order valence-corrected chi connectivity index (χ3v) is 5.37. The first-order chi connectivity index (χ1) is 16.8. The summed E-state index contributed by atoms with van der Waals surface area (Å²) in [6.07, 6.45) is 0.541. The maximum absolute atomic E-state index is 13.7. The molecule has 0 aliphatic rings. The number of nitrogens with zero attached hydrogens (tertiary/aromatic N) is 2. The zero-order valence-electron chi connectivity index (χ0n) is 19.2. The number of benzene rings is 1. The van der Waals surface area contributed by atoms with Crippen LogP contribution in [0.1, 0.15) is 30.4 Å². The summed E-state index contributed by atoms with van der Waals surface area (Å²) in [6.45, 7) is 2.92. The molecule has 35 heavy (non-hydrogen) atoms. The van der Waals surface area contributed by atoms with Crippen LogP contribution in [0.25, 0.3) is 11.0 Å². The molecule has 0 aliphatic heterocycles. The van der Waals surface area contributed by atoms with E-state index in [1.54, 1.807) is 12.1 Å². The van der Waals surface area contributed by atoms with Gasteiger partial charge in [-0.05, 0) is 43.2 Å². The van der Waals surface area contributed by atoms with Gasteiger partial charge in [0.15, 0.2) is 5.75 Å². The number of carboxylic acid groups (broad SMARTS) is 1. The van der Waals surface area contributed by atoms with E-state index in [4.69, 9.17) is 9.84 Å². The highest BCUT2D eigenvalue weighted by atomic mass is 19.1. The molecule has 0 saturated carbocycles. The molecule has 0 fully saturated rings. The summed E-state index contributed by atoms with van der Waals surface area (Å²) in [6, 6.07) is 8.30. The number of aromatic nitrogens is 2. The first-order valence-corrected chi connectivity index (χ1v) is 11.1. The van der Waals surface area contributed by atoms with Crippen molar-refractivity contribution in [3.63, 3.8) is 0 Å². The lowest BCUT2D eigenvalue weighted by atomic mass is 9.90. The number of hydrogen-bond donors (Lipinski definition) is 4. The minimum Gasteiger partial charge on any atom is -0.505 e. The number of hydrogen-bond acceptors (Lipinski definition) is 6. The summed E-state index contributed by atoms with van der Waals surface area (Å²) in [4.78, 5) is 41.9. The molecular weight excluding hydrogens is 459 g/mol. The molecule has 1 atom stereocenters. The second-order valence-electron chi connectivity index (χ2n) is 7.65. The predicted molar refractivity (Wildman–Crippen MR) is 126 cm³/mol. The number of amides is 2. The van der Waals surface area contributed by atoms with Crippen LogP contribution < -0.4 is 16.2 Å². The molecule has 4 N–H and O–H groups in total. The molecule has 186 valence electrons. The van der Waals surface area contributed by atoms with Gasteiger partial charge in [-0.3, -0.25) is 14.6 Å². The van der Waals surface area contributed by atoms with Gasteiger partial charge in [0.1, 0.15) is 11.3 Å². The van der Waals surface area contributed by atoms with Crippen LogP contribution in [0.5, 0.6) is 5.75 Å². The van der Waals surface area contributed by atoms with Crippen molar-refractivity contribution in [2.75, 3.05) is 26.3 Å². The third-order valence-electron chi connectivity index (χ3n) is 5.37. The van der Waals surface area contributed by atoms with E-state index in [1.165, 1.54) is 35.0 Å². The number of aromatic hydroxyl groups is 1. The number of nitrogens with one attached hydrogen (secondary N) is 2. The molecule has 0 spiro atoms. The highest BCUT2D eigenvalue weighted by Crippen LogP contribution is 2.33. The van der Waals surface area contributed by atoms with E-state index < -0.39 is 35.0 Å². The molecule has 2 amide bonds. The number of carbonyl (C=O) groups is 2. The molecule has 10 nitrogen and oxygen atoms in total. The molecule has 2 heterocycles. The lowest BCUT2D eigenvalue weighted by molar-refractivity contribution is -0.122. The van der Waals surface area contributed by atoms with Crippen molar-refractivity contribution in [3.05, 3.63) is 69.9 Å². The molecule has 11 heteroatoms. The van der Waals surface area contributed by atoms with E-state index in [0.717, 1.165) is 0 Å². The molecule has 1 unspecified atom stereocenters. The number of aryl methyl sites for hydroxylation is 1. The lowest BCUT2D eigenvalue weighted by Gasteiger charge is -2.21. The normalized spacial score (nSPS) is 11.8. The van der Waals surface area contributed by atoms with Gasteiger partial charge in [0.25, 0.3) is 5.56 Å². The van der Waals surface area contributed by atoms with Crippen molar-refractivity contribution in [3.8, 4) is 5.75 Å². The Morgan fingerprint density at radius 3 is 2.60 bits per heavy atom. The summed E-state index contributed by atoms with van der Waals surface area (Å²) >= 11 is 0. The van der Waals surface area contributed by atoms with E-state index in [0.29, 0.717) is 17.7 Å².